The first-order chi connectivity index (χ1) is 15.2. The molecule has 2 aromatic rings. The van der Waals surface area contributed by atoms with Crippen molar-refractivity contribution in [1.82, 2.24) is 9.88 Å². The second-order valence-corrected chi connectivity index (χ2v) is 7.57. The molecule has 4 rings (SSSR count). The minimum absolute atomic E-state index is 0.0155. The summed E-state index contributed by atoms with van der Waals surface area (Å²) in [6, 6.07) is 13.2. The van der Waals surface area contributed by atoms with E-state index >= 15 is 0 Å². The number of aromatic nitrogens is 1. The van der Waals surface area contributed by atoms with Gasteiger partial charge in [0.1, 0.15) is 24.2 Å². The maximum atomic E-state index is 12.8. The number of nitriles is 1. The number of ether oxygens (including phenoxy) is 1. The van der Waals surface area contributed by atoms with Gasteiger partial charge in [0, 0.05) is 45.2 Å². The Labute approximate surface area is 181 Å². The number of carbonyl (C=O) groups excluding carboxylic acids is 2. The highest BCUT2D eigenvalue weighted by Gasteiger charge is 2.25. The van der Waals surface area contributed by atoms with Gasteiger partial charge in [0.25, 0.3) is 0 Å². The van der Waals surface area contributed by atoms with Crippen molar-refractivity contribution in [2.24, 2.45) is 0 Å². The van der Waals surface area contributed by atoms with Gasteiger partial charge in [-0.05, 0) is 30.7 Å². The van der Waals surface area contributed by atoms with E-state index in [4.69, 9.17) is 4.74 Å². The summed E-state index contributed by atoms with van der Waals surface area (Å²) in [5.41, 5.74) is 1.30. The lowest BCUT2D eigenvalue weighted by molar-refractivity contribution is -0.133. The Morgan fingerprint density at radius 1 is 1.00 bits per heavy atom. The van der Waals surface area contributed by atoms with Crippen LogP contribution in [0.1, 0.15) is 24.8 Å². The molecule has 2 aliphatic rings. The number of fused-ring (bicyclic) bond motifs is 1. The molecule has 1 aromatic carbocycles. The van der Waals surface area contributed by atoms with E-state index < -0.39 is 0 Å². The smallest absolute Gasteiger partial charge is 0.227 e. The molecule has 1 saturated heterocycles. The van der Waals surface area contributed by atoms with Gasteiger partial charge < -0.3 is 19.4 Å². The lowest BCUT2D eigenvalue weighted by Gasteiger charge is -2.29. The molecule has 31 heavy (non-hydrogen) atoms. The Morgan fingerprint density at radius 3 is 2.71 bits per heavy atom. The first kappa shape index (κ1) is 20.7. The Morgan fingerprint density at radius 2 is 1.84 bits per heavy atom. The van der Waals surface area contributed by atoms with Crippen molar-refractivity contribution < 1.29 is 14.3 Å². The molecule has 0 bridgehead atoms. The van der Waals surface area contributed by atoms with Crippen LogP contribution < -0.4 is 14.5 Å². The molecule has 2 aliphatic heterocycles. The summed E-state index contributed by atoms with van der Waals surface area (Å²) < 4.78 is 5.60. The van der Waals surface area contributed by atoms with Gasteiger partial charge in [0.05, 0.1) is 17.8 Å². The van der Waals surface area contributed by atoms with Crippen molar-refractivity contribution in [3.63, 3.8) is 0 Å². The van der Waals surface area contributed by atoms with Crippen LogP contribution in [0.25, 0.3) is 0 Å². The third-order valence-electron chi connectivity index (χ3n) is 5.64. The molecule has 1 fully saturated rings. The summed E-state index contributed by atoms with van der Waals surface area (Å²) in [5.74, 6) is 1.29. The molecule has 160 valence electrons. The van der Waals surface area contributed by atoms with Crippen molar-refractivity contribution in [3.05, 3.63) is 48.2 Å². The Balaban J connectivity index is 1.33. The van der Waals surface area contributed by atoms with Gasteiger partial charge in [0.15, 0.2) is 0 Å². The highest BCUT2D eigenvalue weighted by Crippen LogP contribution is 2.31. The third-order valence-corrected chi connectivity index (χ3v) is 5.64. The average molecular weight is 419 g/mol. The van der Waals surface area contributed by atoms with E-state index in [0.717, 1.165) is 18.7 Å². The zero-order valence-corrected chi connectivity index (χ0v) is 17.4. The van der Waals surface area contributed by atoms with Crippen LogP contribution in [0.4, 0.5) is 11.5 Å². The molecule has 0 aliphatic carbocycles. The van der Waals surface area contributed by atoms with Gasteiger partial charge in [-0.15, -0.1) is 0 Å². The average Bonchev–Trinajstić information content (AvgIpc) is 3.08. The predicted octanol–water partition coefficient (Wildman–Crippen LogP) is 2.20. The molecule has 0 unspecified atom stereocenters. The summed E-state index contributed by atoms with van der Waals surface area (Å²) in [6.07, 6.45) is 2.83. The van der Waals surface area contributed by atoms with Crippen molar-refractivity contribution in [1.29, 1.82) is 5.26 Å². The van der Waals surface area contributed by atoms with Crippen molar-refractivity contribution in [2.45, 2.75) is 19.3 Å². The van der Waals surface area contributed by atoms with Crippen LogP contribution in [0.15, 0.2) is 42.6 Å². The zero-order valence-electron chi connectivity index (χ0n) is 17.4. The number of benzene rings is 1. The number of hydrogen-bond acceptors (Lipinski definition) is 6. The number of rotatable bonds is 4. The first-order valence-electron chi connectivity index (χ1n) is 10.6. The van der Waals surface area contributed by atoms with E-state index in [0.29, 0.717) is 49.9 Å². The van der Waals surface area contributed by atoms with E-state index in [9.17, 15) is 14.9 Å². The number of para-hydroxylation sites is 2. The number of amides is 2. The van der Waals surface area contributed by atoms with E-state index in [1.54, 1.807) is 23.2 Å². The standard InChI is InChI=1S/C23H25N5O3/c24-17-18-5-3-10-25-23(18)27-12-4-11-26(13-14-27)21(29)8-9-22(30)28-15-16-31-20-7-2-1-6-19(20)28/h1-3,5-7,10H,4,8-9,11-16H2. The molecule has 1 aromatic heterocycles. The fraction of sp³-hybridized carbons (Fsp3) is 0.391. The quantitative estimate of drug-likeness (QED) is 0.755. The Bertz CT molecular complexity index is 1000. The first-order valence-corrected chi connectivity index (χ1v) is 10.6. The summed E-state index contributed by atoms with van der Waals surface area (Å²) in [4.78, 5) is 35.5. The van der Waals surface area contributed by atoms with Crippen LogP contribution in [-0.2, 0) is 9.59 Å². The largest absolute Gasteiger partial charge is 0.490 e. The van der Waals surface area contributed by atoms with Crippen molar-refractivity contribution in [2.75, 3.05) is 49.1 Å². The second-order valence-electron chi connectivity index (χ2n) is 7.57. The molecular formula is C23H25N5O3. The molecular weight excluding hydrogens is 394 g/mol. The van der Waals surface area contributed by atoms with Gasteiger partial charge in [0.2, 0.25) is 11.8 Å². The molecule has 0 atom stereocenters. The molecule has 0 N–H and O–H groups in total. The third kappa shape index (κ3) is 4.61. The SMILES string of the molecule is N#Cc1cccnc1N1CCCN(C(=O)CCC(=O)N2CCOc3ccccc32)CC1. The van der Waals surface area contributed by atoms with Crippen LogP contribution in [0.5, 0.6) is 5.75 Å². The summed E-state index contributed by atoms with van der Waals surface area (Å²) >= 11 is 0. The minimum Gasteiger partial charge on any atom is -0.490 e. The fourth-order valence-electron chi connectivity index (χ4n) is 4.05. The number of nitrogens with zero attached hydrogens (tertiary/aromatic N) is 5. The van der Waals surface area contributed by atoms with Gasteiger partial charge >= 0.3 is 0 Å². The van der Waals surface area contributed by atoms with Crippen LogP contribution in [0, 0.1) is 11.3 Å². The molecule has 0 spiro atoms. The molecule has 2 amide bonds. The minimum atomic E-state index is -0.0623. The monoisotopic (exact) mass is 419 g/mol. The van der Waals surface area contributed by atoms with Crippen LogP contribution >= 0.6 is 0 Å². The van der Waals surface area contributed by atoms with Crippen LogP contribution in [0.2, 0.25) is 0 Å². The normalized spacial score (nSPS) is 16.0. The summed E-state index contributed by atoms with van der Waals surface area (Å²) in [5, 5.41) is 9.33. The zero-order chi connectivity index (χ0) is 21.6. The topological polar surface area (TPSA) is 89.8 Å². The lowest BCUT2D eigenvalue weighted by Crippen LogP contribution is -2.39. The molecule has 3 heterocycles. The molecule has 0 saturated carbocycles. The van der Waals surface area contributed by atoms with Gasteiger partial charge in [-0.25, -0.2) is 4.98 Å². The van der Waals surface area contributed by atoms with E-state index in [-0.39, 0.29) is 24.7 Å². The number of anilines is 2. The molecule has 8 heteroatoms. The summed E-state index contributed by atoms with van der Waals surface area (Å²) in [7, 11) is 0. The van der Waals surface area contributed by atoms with Crippen LogP contribution in [-0.4, -0.2) is 61.0 Å². The van der Waals surface area contributed by atoms with Gasteiger partial charge in [-0.1, -0.05) is 12.1 Å². The lowest BCUT2D eigenvalue weighted by atomic mass is 10.2. The highest BCUT2D eigenvalue weighted by atomic mass is 16.5. The van der Waals surface area contributed by atoms with Crippen molar-refractivity contribution >= 4 is 23.3 Å². The Hall–Kier alpha value is -3.60. The molecule has 0 radical (unpaired) electrons. The Kier molecular flexibility index (Phi) is 6.32. The van der Waals surface area contributed by atoms with Gasteiger partial charge in [-0.3, -0.25) is 9.59 Å². The number of carbonyl (C=O) groups is 2. The van der Waals surface area contributed by atoms with Crippen molar-refractivity contribution in [3.8, 4) is 11.8 Å². The van der Waals surface area contributed by atoms with E-state index in [1.807, 2.05) is 29.2 Å². The maximum Gasteiger partial charge on any atom is 0.227 e. The van der Waals surface area contributed by atoms with E-state index in [2.05, 4.69) is 16.0 Å². The maximum absolute atomic E-state index is 12.8. The van der Waals surface area contributed by atoms with Crippen LogP contribution in [0.3, 0.4) is 0 Å². The predicted molar refractivity (Wildman–Crippen MR) is 116 cm³/mol. The van der Waals surface area contributed by atoms with E-state index in [1.165, 1.54) is 0 Å². The molecule has 8 nitrogen and oxygen atoms in total. The highest BCUT2D eigenvalue weighted by molar-refractivity contribution is 5.97. The van der Waals surface area contributed by atoms with Gasteiger partial charge in [-0.2, -0.15) is 5.26 Å². The number of hydrogen-bond donors (Lipinski definition) is 0. The fourth-order valence-corrected chi connectivity index (χ4v) is 4.05. The number of pyridine rings is 1. The summed E-state index contributed by atoms with van der Waals surface area (Å²) in [6.45, 7) is 3.49. The second kappa shape index (κ2) is 9.47.